The van der Waals surface area contributed by atoms with Crippen molar-refractivity contribution in [3.8, 4) is 17.1 Å². The minimum absolute atomic E-state index is 0.145. The highest BCUT2D eigenvalue weighted by Crippen LogP contribution is 2.24. The Morgan fingerprint density at radius 2 is 1.95 bits per heavy atom. The van der Waals surface area contributed by atoms with Gasteiger partial charge in [-0.3, -0.25) is 4.79 Å². The van der Waals surface area contributed by atoms with Gasteiger partial charge in [-0.2, -0.15) is 0 Å². The van der Waals surface area contributed by atoms with E-state index in [2.05, 4.69) is 15.3 Å². The van der Waals surface area contributed by atoms with E-state index in [0.29, 0.717) is 11.1 Å². The Bertz CT molecular complexity index is 791. The first-order valence-electron chi connectivity index (χ1n) is 6.58. The Kier molecular flexibility index (Phi) is 3.31. The standard InChI is InChI=1S/C16H15N3O2/c1-17-16(20)12-4-3-5-13-14(12)19-15(18-13)10-6-8-11(21-2)9-7-10/h3-9H,1-2H3,(H,17,20)(H,18,19). The molecule has 21 heavy (non-hydrogen) atoms. The van der Waals surface area contributed by atoms with Gasteiger partial charge in [-0.25, -0.2) is 4.98 Å². The van der Waals surface area contributed by atoms with Gasteiger partial charge in [0.2, 0.25) is 0 Å². The molecule has 0 radical (unpaired) electrons. The summed E-state index contributed by atoms with van der Waals surface area (Å²) in [6.45, 7) is 0. The molecule has 0 unspecified atom stereocenters. The Morgan fingerprint density at radius 1 is 1.19 bits per heavy atom. The molecule has 2 N–H and O–H groups in total. The number of ether oxygens (including phenoxy) is 1. The fourth-order valence-electron chi connectivity index (χ4n) is 2.24. The predicted molar refractivity (Wildman–Crippen MR) is 81.5 cm³/mol. The van der Waals surface area contributed by atoms with Gasteiger partial charge in [0.1, 0.15) is 17.1 Å². The summed E-state index contributed by atoms with van der Waals surface area (Å²) in [5.41, 5.74) is 3.01. The van der Waals surface area contributed by atoms with Crippen LogP contribution in [0.4, 0.5) is 0 Å². The van der Waals surface area contributed by atoms with E-state index in [-0.39, 0.29) is 5.91 Å². The van der Waals surface area contributed by atoms with Crippen molar-refractivity contribution < 1.29 is 9.53 Å². The van der Waals surface area contributed by atoms with Crippen molar-refractivity contribution in [2.24, 2.45) is 0 Å². The number of rotatable bonds is 3. The summed E-state index contributed by atoms with van der Waals surface area (Å²) >= 11 is 0. The van der Waals surface area contributed by atoms with E-state index < -0.39 is 0 Å². The van der Waals surface area contributed by atoms with Crippen molar-refractivity contribution in [1.29, 1.82) is 0 Å². The van der Waals surface area contributed by atoms with Gasteiger partial charge in [-0.05, 0) is 36.4 Å². The van der Waals surface area contributed by atoms with Gasteiger partial charge in [-0.15, -0.1) is 0 Å². The third kappa shape index (κ3) is 2.33. The molecule has 2 aromatic carbocycles. The second-order valence-corrected chi connectivity index (χ2v) is 4.59. The van der Waals surface area contributed by atoms with Crippen LogP contribution in [0.1, 0.15) is 10.4 Å². The largest absolute Gasteiger partial charge is 0.497 e. The van der Waals surface area contributed by atoms with Crippen LogP contribution in [0.15, 0.2) is 42.5 Å². The smallest absolute Gasteiger partial charge is 0.253 e. The maximum atomic E-state index is 11.9. The number of aromatic nitrogens is 2. The average molecular weight is 281 g/mol. The number of carbonyl (C=O) groups excluding carboxylic acids is 1. The molecule has 0 saturated heterocycles. The molecule has 5 nitrogen and oxygen atoms in total. The number of methoxy groups -OCH3 is 1. The van der Waals surface area contributed by atoms with Crippen LogP contribution in [-0.2, 0) is 0 Å². The van der Waals surface area contributed by atoms with Crippen LogP contribution in [0.2, 0.25) is 0 Å². The normalized spacial score (nSPS) is 10.6. The summed E-state index contributed by atoms with van der Waals surface area (Å²) in [5, 5.41) is 2.63. The second-order valence-electron chi connectivity index (χ2n) is 4.59. The topological polar surface area (TPSA) is 67.0 Å². The zero-order valence-corrected chi connectivity index (χ0v) is 11.8. The molecule has 0 fully saturated rings. The van der Waals surface area contributed by atoms with Crippen LogP contribution in [-0.4, -0.2) is 30.0 Å². The van der Waals surface area contributed by atoms with Gasteiger partial charge in [0, 0.05) is 12.6 Å². The third-order valence-corrected chi connectivity index (χ3v) is 3.35. The molecule has 106 valence electrons. The molecule has 5 heteroatoms. The number of benzene rings is 2. The van der Waals surface area contributed by atoms with Crippen LogP contribution < -0.4 is 10.1 Å². The molecule has 3 rings (SSSR count). The lowest BCUT2D eigenvalue weighted by molar-refractivity contribution is 0.0964. The number of H-pyrrole nitrogens is 1. The Labute approximate surface area is 122 Å². The van der Waals surface area contributed by atoms with E-state index in [4.69, 9.17) is 4.74 Å². The van der Waals surface area contributed by atoms with Crippen LogP contribution in [0.5, 0.6) is 5.75 Å². The highest BCUT2D eigenvalue weighted by molar-refractivity contribution is 6.05. The number of nitrogens with zero attached hydrogens (tertiary/aromatic N) is 1. The summed E-state index contributed by atoms with van der Waals surface area (Å²) in [6.07, 6.45) is 0. The summed E-state index contributed by atoms with van der Waals surface area (Å²) in [4.78, 5) is 19.7. The molecule has 0 bridgehead atoms. The summed E-state index contributed by atoms with van der Waals surface area (Å²) in [7, 11) is 3.24. The van der Waals surface area contributed by atoms with E-state index in [9.17, 15) is 4.79 Å². The van der Waals surface area contributed by atoms with Gasteiger partial charge in [0.15, 0.2) is 0 Å². The Balaban J connectivity index is 2.10. The van der Waals surface area contributed by atoms with Crippen molar-refractivity contribution in [3.63, 3.8) is 0 Å². The van der Waals surface area contributed by atoms with Crippen molar-refractivity contribution in [3.05, 3.63) is 48.0 Å². The van der Waals surface area contributed by atoms with Gasteiger partial charge in [0.25, 0.3) is 5.91 Å². The lowest BCUT2D eigenvalue weighted by atomic mass is 10.2. The number of imidazole rings is 1. The summed E-state index contributed by atoms with van der Waals surface area (Å²) in [6, 6.07) is 13.1. The molecule has 1 aromatic heterocycles. The van der Waals surface area contributed by atoms with Crippen molar-refractivity contribution in [2.75, 3.05) is 14.2 Å². The molecule has 3 aromatic rings. The summed E-state index contributed by atoms with van der Waals surface area (Å²) in [5.74, 6) is 1.37. The molecular formula is C16H15N3O2. The van der Waals surface area contributed by atoms with E-state index in [1.807, 2.05) is 36.4 Å². The van der Waals surface area contributed by atoms with Crippen LogP contribution >= 0.6 is 0 Å². The molecule has 0 aliphatic carbocycles. The predicted octanol–water partition coefficient (Wildman–Crippen LogP) is 2.60. The third-order valence-electron chi connectivity index (χ3n) is 3.35. The number of nitrogens with one attached hydrogen (secondary N) is 2. The van der Waals surface area contributed by atoms with Crippen molar-refractivity contribution >= 4 is 16.9 Å². The SMILES string of the molecule is CNC(=O)c1cccc2[nH]c(-c3ccc(OC)cc3)nc12. The highest BCUT2D eigenvalue weighted by Gasteiger charge is 2.13. The summed E-state index contributed by atoms with van der Waals surface area (Å²) < 4.78 is 5.15. The van der Waals surface area contributed by atoms with E-state index in [1.165, 1.54) is 0 Å². The average Bonchev–Trinajstić information content (AvgIpc) is 2.98. The zero-order valence-electron chi connectivity index (χ0n) is 11.8. The first kappa shape index (κ1) is 13.2. The molecule has 0 spiro atoms. The molecule has 1 amide bonds. The molecule has 0 saturated carbocycles. The molecular weight excluding hydrogens is 266 g/mol. The van der Waals surface area contributed by atoms with Gasteiger partial charge < -0.3 is 15.0 Å². The van der Waals surface area contributed by atoms with E-state index in [1.54, 1.807) is 20.2 Å². The number of hydrogen-bond donors (Lipinski definition) is 2. The van der Waals surface area contributed by atoms with Gasteiger partial charge in [-0.1, -0.05) is 6.07 Å². The lowest BCUT2D eigenvalue weighted by Crippen LogP contribution is -2.18. The fourth-order valence-corrected chi connectivity index (χ4v) is 2.24. The maximum Gasteiger partial charge on any atom is 0.253 e. The maximum absolute atomic E-state index is 11.9. The molecule has 0 aliphatic rings. The lowest BCUT2D eigenvalue weighted by Gasteiger charge is -2.00. The minimum atomic E-state index is -0.145. The van der Waals surface area contributed by atoms with Crippen molar-refractivity contribution in [2.45, 2.75) is 0 Å². The Hall–Kier alpha value is -2.82. The first-order valence-corrected chi connectivity index (χ1v) is 6.58. The van der Waals surface area contributed by atoms with E-state index >= 15 is 0 Å². The van der Waals surface area contributed by atoms with Crippen LogP contribution in [0.25, 0.3) is 22.4 Å². The first-order chi connectivity index (χ1) is 10.2. The number of fused-ring (bicyclic) bond motifs is 1. The molecule has 0 aliphatic heterocycles. The fraction of sp³-hybridized carbons (Fsp3) is 0.125. The monoisotopic (exact) mass is 281 g/mol. The second kappa shape index (κ2) is 5.28. The quantitative estimate of drug-likeness (QED) is 0.775. The Morgan fingerprint density at radius 3 is 2.62 bits per heavy atom. The molecule has 1 heterocycles. The number of amides is 1. The zero-order chi connectivity index (χ0) is 14.8. The van der Waals surface area contributed by atoms with Crippen LogP contribution in [0, 0.1) is 0 Å². The molecule has 0 atom stereocenters. The number of para-hydroxylation sites is 1. The van der Waals surface area contributed by atoms with Gasteiger partial charge >= 0.3 is 0 Å². The van der Waals surface area contributed by atoms with Crippen molar-refractivity contribution in [1.82, 2.24) is 15.3 Å². The number of aromatic amines is 1. The number of carbonyl (C=O) groups is 1. The number of hydrogen-bond acceptors (Lipinski definition) is 3. The van der Waals surface area contributed by atoms with E-state index in [0.717, 1.165) is 22.7 Å². The highest BCUT2D eigenvalue weighted by atomic mass is 16.5. The van der Waals surface area contributed by atoms with Crippen LogP contribution in [0.3, 0.4) is 0 Å². The minimum Gasteiger partial charge on any atom is -0.497 e. The van der Waals surface area contributed by atoms with Gasteiger partial charge in [0.05, 0.1) is 18.2 Å².